The smallest absolute Gasteiger partial charge is 0.274 e. The number of carbonyl (C=O) groups is 1. The van der Waals surface area contributed by atoms with Gasteiger partial charge in [0.25, 0.3) is 5.56 Å². The molecule has 41 heavy (non-hydrogen) atoms. The number of piperidine rings is 1. The summed E-state index contributed by atoms with van der Waals surface area (Å²) in [6.07, 6.45) is 4.81. The van der Waals surface area contributed by atoms with E-state index in [2.05, 4.69) is 44.8 Å². The first kappa shape index (κ1) is 28.5. The van der Waals surface area contributed by atoms with Gasteiger partial charge in [0.15, 0.2) is 5.65 Å². The molecule has 1 N–H and O–H groups in total. The molecule has 11 heteroatoms. The minimum absolute atomic E-state index is 0.0516. The second-order valence-corrected chi connectivity index (χ2v) is 11.3. The van der Waals surface area contributed by atoms with Crippen LogP contribution in [0.4, 0.5) is 17.3 Å². The third-order valence-electron chi connectivity index (χ3n) is 8.00. The quantitative estimate of drug-likeness (QED) is 0.415. The van der Waals surface area contributed by atoms with Gasteiger partial charge in [-0.15, -0.1) is 0 Å². The lowest BCUT2D eigenvalue weighted by atomic mass is 9.97. The van der Waals surface area contributed by atoms with Crippen LogP contribution in [0.15, 0.2) is 41.8 Å². The van der Waals surface area contributed by atoms with Crippen molar-refractivity contribution in [3.05, 3.63) is 53.1 Å². The van der Waals surface area contributed by atoms with Gasteiger partial charge in [0.2, 0.25) is 11.9 Å². The zero-order valence-corrected chi connectivity index (χ0v) is 24.5. The van der Waals surface area contributed by atoms with Gasteiger partial charge in [-0.25, -0.2) is 9.97 Å². The van der Waals surface area contributed by atoms with Crippen molar-refractivity contribution < 1.29 is 9.53 Å². The Morgan fingerprint density at radius 1 is 1.20 bits per heavy atom. The van der Waals surface area contributed by atoms with E-state index in [1.165, 1.54) is 6.08 Å². The molecule has 2 fully saturated rings. The summed E-state index contributed by atoms with van der Waals surface area (Å²) in [5.74, 6) is 1.02. The van der Waals surface area contributed by atoms with E-state index in [1.807, 2.05) is 26.0 Å². The van der Waals surface area contributed by atoms with Crippen LogP contribution in [0.1, 0.15) is 38.3 Å². The topological polar surface area (TPSA) is 109 Å². The van der Waals surface area contributed by atoms with Crippen LogP contribution in [-0.2, 0) is 11.3 Å². The van der Waals surface area contributed by atoms with Crippen molar-refractivity contribution in [3.8, 4) is 5.75 Å². The zero-order chi connectivity index (χ0) is 29.1. The number of benzene rings is 1. The van der Waals surface area contributed by atoms with Crippen LogP contribution in [0.5, 0.6) is 5.75 Å². The minimum Gasteiger partial charge on any atom is -0.494 e. The number of likely N-dealkylation sites (N-methyl/N-ethyl adjacent to an activating group) is 1. The highest BCUT2D eigenvalue weighted by molar-refractivity contribution is 5.87. The number of nitrogens with one attached hydrogen (secondary N) is 1. The molecule has 0 spiro atoms. The number of carbonyl (C=O) groups excluding carboxylic acids is 1. The van der Waals surface area contributed by atoms with Gasteiger partial charge >= 0.3 is 0 Å². The summed E-state index contributed by atoms with van der Waals surface area (Å²) in [5.41, 5.74) is 3.20. The second kappa shape index (κ2) is 12.3. The molecule has 0 unspecified atom stereocenters. The SMILES string of the molecule is C=CC(=O)N1CCC[C@@H](Cn2c(=O)c(C(C)C)nc3cnc(Nc4ccc(N5CCN(C)CC5)cc4OC)nc32)C1. The number of amides is 1. The van der Waals surface area contributed by atoms with Crippen LogP contribution < -0.4 is 20.5 Å². The highest BCUT2D eigenvalue weighted by Crippen LogP contribution is 2.32. The minimum atomic E-state index is -0.154. The molecule has 11 nitrogen and oxygen atoms in total. The van der Waals surface area contributed by atoms with Gasteiger partial charge in [0.1, 0.15) is 17.0 Å². The Labute approximate surface area is 240 Å². The Kier molecular flexibility index (Phi) is 8.53. The number of rotatable bonds is 8. The maximum absolute atomic E-state index is 13.6. The number of hydrogen-bond donors (Lipinski definition) is 1. The zero-order valence-electron chi connectivity index (χ0n) is 24.5. The predicted molar refractivity (Wildman–Crippen MR) is 161 cm³/mol. The molecular weight excluding hydrogens is 520 g/mol. The standard InChI is InChI=1S/C30H40N8O3/c1-6-26(39)37-11-7-8-21(18-37)19-38-28-24(32-27(20(2)3)29(38)40)17-31-30(34-28)33-23-10-9-22(16-25(23)41-5)36-14-12-35(4)13-15-36/h6,9-10,16-17,20-21H,1,7-8,11-15,18-19H2,2-5H3,(H,31,33,34)/t21-/m1/s1. The Balaban J connectivity index is 1.46. The first-order valence-electron chi connectivity index (χ1n) is 14.3. The first-order chi connectivity index (χ1) is 19.8. The number of methoxy groups -OCH3 is 1. The Bertz CT molecular complexity index is 1480. The summed E-state index contributed by atoms with van der Waals surface area (Å²) in [5, 5.41) is 3.29. The maximum Gasteiger partial charge on any atom is 0.274 e. The number of aromatic nitrogens is 4. The molecule has 3 aromatic rings. The van der Waals surface area contributed by atoms with Crippen LogP contribution in [0.2, 0.25) is 0 Å². The summed E-state index contributed by atoms with van der Waals surface area (Å²) in [6, 6.07) is 6.07. The first-order valence-corrected chi connectivity index (χ1v) is 14.3. The van der Waals surface area contributed by atoms with E-state index in [1.54, 1.807) is 22.8 Å². The van der Waals surface area contributed by atoms with Crippen molar-refractivity contribution in [2.45, 2.75) is 39.2 Å². The number of likely N-dealkylation sites (tertiary alicyclic amines) is 1. The molecule has 0 aliphatic carbocycles. The number of piperazine rings is 1. The third-order valence-corrected chi connectivity index (χ3v) is 8.00. The van der Waals surface area contributed by atoms with Crippen molar-refractivity contribution in [1.82, 2.24) is 29.3 Å². The molecular formula is C30H40N8O3. The Morgan fingerprint density at radius 2 is 1.98 bits per heavy atom. The lowest BCUT2D eigenvalue weighted by Gasteiger charge is -2.34. The number of fused-ring (bicyclic) bond motifs is 1. The summed E-state index contributed by atoms with van der Waals surface area (Å²) in [6.45, 7) is 13.2. The summed E-state index contributed by atoms with van der Waals surface area (Å²) >= 11 is 0. The highest BCUT2D eigenvalue weighted by atomic mass is 16.5. The Morgan fingerprint density at radius 3 is 2.68 bits per heavy atom. The summed E-state index contributed by atoms with van der Waals surface area (Å²) in [7, 11) is 3.79. The van der Waals surface area contributed by atoms with Gasteiger partial charge in [-0.1, -0.05) is 20.4 Å². The second-order valence-electron chi connectivity index (χ2n) is 11.3. The molecule has 4 heterocycles. The molecule has 2 aliphatic heterocycles. The van der Waals surface area contributed by atoms with Crippen LogP contribution in [0.25, 0.3) is 11.2 Å². The molecule has 218 valence electrons. The maximum atomic E-state index is 13.6. The van der Waals surface area contributed by atoms with Crippen molar-refractivity contribution in [2.24, 2.45) is 5.92 Å². The van der Waals surface area contributed by atoms with E-state index in [0.29, 0.717) is 48.2 Å². The van der Waals surface area contributed by atoms with Crippen molar-refractivity contribution in [3.63, 3.8) is 0 Å². The summed E-state index contributed by atoms with van der Waals surface area (Å²) in [4.78, 5) is 46.3. The van der Waals surface area contributed by atoms with E-state index >= 15 is 0 Å². The van der Waals surface area contributed by atoms with Gasteiger partial charge in [-0.3, -0.25) is 14.2 Å². The molecule has 2 aromatic heterocycles. The molecule has 0 radical (unpaired) electrons. The molecule has 1 aromatic carbocycles. The molecule has 2 aliphatic rings. The van der Waals surface area contributed by atoms with Gasteiger partial charge < -0.3 is 24.8 Å². The monoisotopic (exact) mass is 560 g/mol. The lowest BCUT2D eigenvalue weighted by molar-refractivity contribution is -0.127. The fraction of sp³-hybridized carbons (Fsp3) is 0.500. The summed E-state index contributed by atoms with van der Waals surface area (Å²) < 4.78 is 7.43. The van der Waals surface area contributed by atoms with Crippen LogP contribution in [0, 0.1) is 5.92 Å². The van der Waals surface area contributed by atoms with Gasteiger partial charge in [-0.2, -0.15) is 4.98 Å². The van der Waals surface area contributed by atoms with Crippen molar-refractivity contribution >= 4 is 34.4 Å². The third kappa shape index (κ3) is 6.19. The van der Waals surface area contributed by atoms with Crippen molar-refractivity contribution in [2.75, 3.05) is 63.6 Å². The average Bonchev–Trinajstić information content (AvgIpc) is 2.98. The van der Waals surface area contributed by atoms with E-state index in [9.17, 15) is 9.59 Å². The lowest BCUT2D eigenvalue weighted by Crippen LogP contribution is -2.44. The number of anilines is 3. The van der Waals surface area contributed by atoms with Gasteiger partial charge in [0, 0.05) is 63.5 Å². The number of ether oxygens (including phenoxy) is 1. The molecule has 1 atom stereocenters. The molecule has 1 amide bonds. The van der Waals surface area contributed by atoms with E-state index in [0.717, 1.165) is 50.4 Å². The molecule has 2 saturated heterocycles. The van der Waals surface area contributed by atoms with Gasteiger partial charge in [0.05, 0.1) is 19.0 Å². The van der Waals surface area contributed by atoms with E-state index < -0.39 is 0 Å². The molecule has 0 saturated carbocycles. The predicted octanol–water partition coefficient (Wildman–Crippen LogP) is 3.24. The number of nitrogens with zero attached hydrogens (tertiary/aromatic N) is 7. The molecule has 5 rings (SSSR count). The van der Waals surface area contributed by atoms with Crippen LogP contribution in [0.3, 0.4) is 0 Å². The van der Waals surface area contributed by atoms with E-state index in [4.69, 9.17) is 9.72 Å². The van der Waals surface area contributed by atoms with Crippen molar-refractivity contribution in [1.29, 1.82) is 0 Å². The fourth-order valence-electron chi connectivity index (χ4n) is 5.63. The molecule has 0 bridgehead atoms. The highest BCUT2D eigenvalue weighted by Gasteiger charge is 2.25. The van der Waals surface area contributed by atoms with Crippen LogP contribution in [-0.4, -0.2) is 88.7 Å². The average molecular weight is 561 g/mol. The number of hydrogen-bond acceptors (Lipinski definition) is 9. The van der Waals surface area contributed by atoms with Gasteiger partial charge in [-0.05, 0) is 44.0 Å². The normalized spacial score (nSPS) is 18.1. The van der Waals surface area contributed by atoms with Crippen LogP contribution >= 0.6 is 0 Å². The fourth-order valence-corrected chi connectivity index (χ4v) is 5.63. The van der Waals surface area contributed by atoms with E-state index in [-0.39, 0.29) is 23.3 Å². The largest absolute Gasteiger partial charge is 0.494 e. The Hall–Kier alpha value is -3.99.